The zero-order valence-corrected chi connectivity index (χ0v) is 9.58. The minimum absolute atomic E-state index is 0.0801. The van der Waals surface area contributed by atoms with Crippen molar-refractivity contribution in [1.82, 2.24) is 0 Å². The van der Waals surface area contributed by atoms with Crippen molar-refractivity contribution >= 4 is 10.8 Å². The molecule has 0 saturated heterocycles. The van der Waals surface area contributed by atoms with Crippen LogP contribution in [0.25, 0.3) is 0 Å². The summed E-state index contributed by atoms with van der Waals surface area (Å²) in [4.78, 5) is 0. The Morgan fingerprint density at radius 3 is 2.27 bits per heavy atom. The molecule has 0 aliphatic rings. The van der Waals surface area contributed by atoms with Gasteiger partial charge in [-0.2, -0.15) is 13.2 Å². The number of hydrogen-bond donors (Lipinski definition) is 1. The quantitative estimate of drug-likeness (QED) is 0.714. The number of ether oxygens (including phenoxy) is 1. The lowest BCUT2D eigenvalue weighted by Crippen LogP contribution is -2.39. The van der Waals surface area contributed by atoms with E-state index in [1.54, 1.807) is 13.8 Å². The van der Waals surface area contributed by atoms with Crippen molar-refractivity contribution in [3.63, 3.8) is 0 Å². The zero-order valence-electron chi connectivity index (χ0n) is 8.76. The van der Waals surface area contributed by atoms with Crippen molar-refractivity contribution in [1.29, 1.82) is 0 Å². The van der Waals surface area contributed by atoms with E-state index in [1.807, 2.05) is 0 Å². The number of rotatable bonds is 6. The van der Waals surface area contributed by atoms with Crippen LogP contribution in [-0.4, -0.2) is 40.6 Å². The topological polar surface area (TPSA) is 52.3 Å². The van der Waals surface area contributed by atoms with E-state index < -0.39 is 29.1 Å². The SMILES string of the molecule is CC(C)(N)CS(=O)CCOCC(F)(F)F. The second-order valence-corrected chi connectivity index (χ2v) is 5.52. The van der Waals surface area contributed by atoms with E-state index in [1.165, 1.54) is 0 Å². The molecular weight excluding hydrogens is 231 g/mol. The maximum absolute atomic E-state index is 11.6. The molecule has 0 aromatic heterocycles. The van der Waals surface area contributed by atoms with Crippen LogP contribution in [-0.2, 0) is 15.5 Å². The van der Waals surface area contributed by atoms with Crippen LogP contribution in [0.1, 0.15) is 13.8 Å². The van der Waals surface area contributed by atoms with Gasteiger partial charge in [0.1, 0.15) is 6.61 Å². The summed E-state index contributed by atoms with van der Waals surface area (Å²) in [6.07, 6.45) is -4.32. The van der Waals surface area contributed by atoms with Crippen molar-refractivity contribution < 1.29 is 22.1 Å². The molecule has 0 heterocycles. The molecule has 3 nitrogen and oxygen atoms in total. The van der Waals surface area contributed by atoms with Gasteiger partial charge in [0, 0.05) is 27.8 Å². The molecule has 0 saturated carbocycles. The third kappa shape index (κ3) is 11.8. The number of alkyl halides is 3. The number of nitrogens with two attached hydrogens (primary N) is 1. The fourth-order valence-electron chi connectivity index (χ4n) is 0.827. The molecular formula is C8H16F3NO2S. The van der Waals surface area contributed by atoms with E-state index >= 15 is 0 Å². The lowest BCUT2D eigenvalue weighted by Gasteiger charge is -2.17. The van der Waals surface area contributed by atoms with Crippen LogP contribution in [0.2, 0.25) is 0 Å². The van der Waals surface area contributed by atoms with Gasteiger partial charge in [-0.15, -0.1) is 0 Å². The van der Waals surface area contributed by atoms with E-state index in [2.05, 4.69) is 4.74 Å². The van der Waals surface area contributed by atoms with E-state index in [0.29, 0.717) is 0 Å². The Balaban J connectivity index is 3.57. The molecule has 1 atom stereocenters. The van der Waals surface area contributed by atoms with E-state index in [4.69, 9.17) is 5.73 Å². The Morgan fingerprint density at radius 1 is 1.33 bits per heavy atom. The molecule has 0 aliphatic heterocycles. The summed E-state index contributed by atoms with van der Waals surface area (Å²) in [6, 6.07) is 0. The summed E-state index contributed by atoms with van der Waals surface area (Å²) in [7, 11) is -1.24. The van der Waals surface area contributed by atoms with E-state index in [9.17, 15) is 17.4 Å². The van der Waals surface area contributed by atoms with E-state index in [-0.39, 0.29) is 18.1 Å². The van der Waals surface area contributed by atoms with Crippen molar-refractivity contribution in [3.05, 3.63) is 0 Å². The van der Waals surface area contributed by atoms with Crippen LogP contribution in [0.4, 0.5) is 13.2 Å². The van der Waals surface area contributed by atoms with Gasteiger partial charge in [-0.05, 0) is 13.8 Å². The summed E-state index contributed by atoms with van der Waals surface area (Å²) in [6.45, 7) is 1.96. The molecule has 0 radical (unpaired) electrons. The maximum atomic E-state index is 11.6. The van der Waals surface area contributed by atoms with E-state index in [0.717, 1.165) is 0 Å². The molecule has 0 aromatic carbocycles. The Bertz CT molecular complexity index is 213. The highest BCUT2D eigenvalue weighted by Crippen LogP contribution is 2.14. The van der Waals surface area contributed by atoms with Crippen LogP contribution < -0.4 is 5.73 Å². The smallest absolute Gasteiger partial charge is 0.371 e. The summed E-state index contributed by atoms with van der Waals surface area (Å²) in [5.41, 5.74) is 5.02. The highest BCUT2D eigenvalue weighted by atomic mass is 32.2. The second-order valence-electron chi connectivity index (χ2n) is 3.94. The first-order chi connectivity index (χ1) is 6.60. The Kier molecular flexibility index (Phi) is 5.76. The third-order valence-corrected chi connectivity index (χ3v) is 2.94. The Morgan fingerprint density at radius 2 is 1.87 bits per heavy atom. The molecule has 0 aromatic rings. The van der Waals surface area contributed by atoms with Crippen molar-refractivity contribution in [2.45, 2.75) is 25.6 Å². The molecule has 0 spiro atoms. The van der Waals surface area contributed by atoms with Crippen LogP contribution >= 0.6 is 0 Å². The van der Waals surface area contributed by atoms with Crippen LogP contribution in [0, 0.1) is 0 Å². The Labute approximate surface area is 89.6 Å². The molecule has 0 amide bonds. The first-order valence-corrected chi connectivity index (χ1v) is 5.87. The first kappa shape index (κ1) is 14.9. The first-order valence-electron chi connectivity index (χ1n) is 4.38. The molecule has 0 bridgehead atoms. The predicted molar refractivity (Wildman–Crippen MR) is 53.0 cm³/mol. The van der Waals surface area contributed by atoms with Gasteiger partial charge in [0.05, 0.1) is 6.61 Å². The summed E-state index contributed by atoms with van der Waals surface area (Å²) in [5, 5.41) is 0. The molecule has 15 heavy (non-hydrogen) atoms. The van der Waals surface area contributed by atoms with Gasteiger partial charge in [0.15, 0.2) is 0 Å². The molecule has 92 valence electrons. The normalized spacial score (nSPS) is 15.3. The minimum atomic E-state index is -4.32. The summed E-state index contributed by atoms with van der Waals surface area (Å²) < 4.78 is 50.5. The largest absolute Gasteiger partial charge is 0.411 e. The molecule has 0 fully saturated rings. The van der Waals surface area contributed by atoms with Crippen molar-refractivity contribution in [2.75, 3.05) is 24.7 Å². The summed E-state index contributed by atoms with van der Waals surface area (Å²) in [5.74, 6) is 0.332. The fraction of sp³-hybridized carbons (Fsp3) is 1.00. The van der Waals surface area contributed by atoms with Gasteiger partial charge in [-0.1, -0.05) is 0 Å². The standard InChI is InChI=1S/C8H16F3NO2S/c1-7(2,12)6-15(13)4-3-14-5-8(9,10)11/h3-6,12H2,1-2H3. The van der Waals surface area contributed by atoms with Gasteiger partial charge in [0.2, 0.25) is 0 Å². The van der Waals surface area contributed by atoms with Gasteiger partial charge < -0.3 is 10.5 Å². The lowest BCUT2D eigenvalue weighted by molar-refractivity contribution is -0.172. The number of halogens is 3. The van der Waals surface area contributed by atoms with Crippen molar-refractivity contribution in [2.24, 2.45) is 5.73 Å². The van der Waals surface area contributed by atoms with Crippen molar-refractivity contribution in [3.8, 4) is 0 Å². The maximum Gasteiger partial charge on any atom is 0.411 e. The second kappa shape index (κ2) is 5.81. The molecule has 1 unspecified atom stereocenters. The molecule has 0 aliphatic carbocycles. The lowest BCUT2D eigenvalue weighted by atomic mass is 10.1. The fourth-order valence-corrected chi connectivity index (χ4v) is 2.10. The van der Waals surface area contributed by atoms with Gasteiger partial charge >= 0.3 is 6.18 Å². The average molecular weight is 247 g/mol. The van der Waals surface area contributed by atoms with Crippen LogP contribution in [0.5, 0.6) is 0 Å². The van der Waals surface area contributed by atoms with Gasteiger partial charge in [0.25, 0.3) is 0 Å². The number of hydrogen-bond acceptors (Lipinski definition) is 3. The highest BCUT2D eigenvalue weighted by Gasteiger charge is 2.27. The molecule has 7 heteroatoms. The third-order valence-electron chi connectivity index (χ3n) is 1.25. The Hall–Kier alpha value is -0.140. The average Bonchev–Trinajstić information content (AvgIpc) is 1.92. The summed E-state index contributed by atoms with van der Waals surface area (Å²) >= 11 is 0. The zero-order chi connectivity index (χ0) is 12.1. The van der Waals surface area contributed by atoms with Crippen LogP contribution in [0.3, 0.4) is 0 Å². The highest BCUT2D eigenvalue weighted by molar-refractivity contribution is 7.85. The minimum Gasteiger partial charge on any atom is -0.371 e. The predicted octanol–water partition coefficient (Wildman–Crippen LogP) is 1.05. The molecule has 2 N–H and O–H groups in total. The van der Waals surface area contributed by atoms with Crippen LogP contribution in [0.15, 0.2) is 0 Å². The monoisotopic (exact) mass is 247 g/mol. The van der Waals surface area contributed by atoms with Gasteiger partial charge in [-0.3, -0.25) is 4.21 Å². The van der Waals surface area contributed by atoms with Gasteiger partial charge in [-0.25, -0.2) is 0 Å². The molecule has 0 rings (SSSR count).